The summed E-state index contributed by atoms with van der Waals surface area (Å²) in [6.45, 7) is 4.57. The summed E-state index contributed by atoms with van der Waals surface area (Å²) in [6, 6.07) is 0. The molecule has 1 nitrogen and oxygen atoms in total. The zero-order valence-corrected chi connectivity index (χ0v) is 8.21. The van der Waals surface area contributed by atoms with Gasteiger partial charge in [-0.25, -0.2) is 0 Å². The summed E-state index contributed by atoms with van der Waals surface area (Å²) >= 11 is 0. The van der Waals surface area contributed by atoms with Crippen molar-refractivity contribution in [1.29, 1.82) is 0 Å². The second kappa shape index (κ2) is 4.66. The third-order valence-electron chi connectivity index (χ3n) is 2.83. The van der Waals surface area contributed by atoms with Crippen molar-refractivity contribution in [3.8, 4) is 0 Å². The standard InChI is InChI=1S/C11H20O/c1-9-3-5-11(6-4-9)7-10(2)8-12/h7,9,11-12H,3-6,8H2,1-2H3. The molecule has 1 aliphatic rings. The second-order valence-electron chi connectivity index (χ2n) is 4.19. The molecule has 0 spiro atoms. The van der Waals surface area contributed by atoms with Crippen molar-refractivity contribution < 1.29 is 5.11 Å². The highest BCUT2D eigenvalue weighted by Crippen LogP contribution is 2.29. The molecule has 1 fully saturated rings. The van der Waals surface area contributed by atoms with Gasteiger partial charge < -0.3 is 5.11 Å². The van der Waals surface area contributed by atoms with Gasteiger partial charge in [-0.2, -0.15) is 0 Å². The van der Waals surface area contributed by atoms with Gasteiger partial charge in [0.25, 0.3) is 0 Å². The highest BCUT2D eigenvalue weighted by atomic mass is 16.3. The first-order valence-corrected chi connectivity index (χ1v) is 5.00. The van der Waals surface area contributed by atoms with E-state index in [1.807, 2.05) is 6.92 Å². The average molecular weight is 168 g/mol. The Morgan fingerprint density at radius 2 is 1.92 bits per heavy atom. The first-order valence-electron chi connectivity index (χ1n) is 5.00. The Hall–Kier alpha value is -0.300. The number of aliphatic hydroxyl groups is 1. The molecule has 0 saturated heterocycles. The third kappa shape index (κ3) is 2.98. The van der Waals surface area contributed by atoms with E-state index < -0.39 is 0 Å². The van der Waals surface area contributed by atoms with Crippen molar-refractivity contribution in [1.82, 2.24) is 0 Å². The smallest absolute Gasteiger partial charge is 0.0639 e. The van der Waals surface area contributed by atoms with Crippen LogP contribution in [0.4, 0.5) is 0 Å². The van der Waals surface area contributed by atoms with Crippen molar-refractivity contribution in [2.75, 3.05) is 6.61 Å². The third-order valence-corrected chi connectivity index (χ3v) is 2.83. The molecule has 1 aliphatic carbocycles. The monoisotopic (exact) mass is 168 g/mol. The Kier molecular flexibility index (Phi) is 3.80. The zero-order chi connectivity index (χ0) is 8.97. The van der Waals surface area contributed by atoms with Crippen molar-refractivity contribution in [3.63, 3.8) is 0 Å². The topological polar surface area (TPSA) is 20.2 Å². The molecule has 0 atom stereocenters. The summed E-state index contributed by atoms with van der Waals surface area (Å²) in [4.78, 5) is 0. The van der Waals surface area contributed by atoms with Gasteiger partial charge in [0.2, 0.25) is 0 Å². The van der Waals surface area contributed by atoms with Crippen molar-refractivity contribution in [2.24, 2.45) is 11.8 Å². The predicted molar refractivity (Wildman–Crippen MR) is 52.0 cm³/mol. The molecule has 0 aromatic rings. The maximum Gasteiger partial charge on any atom is 0.0639 e. The molecule has 0 unspecified atom stereocenters. The molecule has 0 bridgehead atoms. The average Bonchev–Trinajstić information content (AvgIpc) is 2.09. The lowest BCUT2D eigenvalue weighted by molar-refractivity contribution is 0.315. The Labute approximate surface area is 75.5 Å². The molecule has 0 heterocycles. The van der Waals surface area contributed by atoms with E-state index in [0.29, 0.717) is 0 Å². The summed E-state index contributed by atoms with van der Waals surface area (Å²) in [5.74, 6) is 1.66. The Morgan fingerprint density at radius 1 is 1.33 bits per heavy atom. The maximum absolute atomic E-state index is 8.85. The second-order valence-corrected chi connectivity index (χ2v) is 4.19. The van der Waals surface area contributed by atoms with Crippen LogP contribution in [0.5, 0.6) is 0 Å². The van der Waals surface area contributed by atoms with Crippen LogP contribution in [0.15, 0.2) is 11.6 Å². The summed E-state index contributed by atoms with van der Waals surface area (Å²) in [6.07, 6.45) is 7.61. The van der Waals surface area contributed by atoms with E-state index in [-0.39, 0.29) is 6.61 Å². The molecular formula is C11H20O. The van der Waals surface area contributed by atoms with Crippen LogP contribution in [0.1, 0.15) is 39.5 Å². The van der Waals surface area contributed by atoms with Gasteiger partial charge in [0.1, 0.15) is 0 Å². The first kappa shape index (κ1) is 9.79. The number of hydrogen-bond donors (Lipinski definition) is 1. The zero-order valence-electron chi connectivity index (χ0n) is 8.21. The summed E-state index contributed by atoms with van der Waals surface area (Å²) < 4.78 is 0. The Balaban J connectivity index is 2.35. The van der Waals surface area contributed by atoms with Gasteiger partial charge in [-0.15, -0.1) is 0 Å². The van der Waals surface area contributed by atoms with E-state index in [1.165, 1.54) is 25.7 Å². The molecule has 0 amide bonds. The summed E-state index contributed by atoms with van der Waals surface area (Å²) in [5.41, 5.74) is 1.13. The SMILES string of the molecule is CC(=CC1CCC(C)CC1)CO. The minimum absolute atomic E-state index is 0.228. The fourth-order valence-electron chi connectivity index (χ4n) is 1.91. The van der Waals surface area contributed by atoms with Crippen molar-refractivity contribution >= 4 is 0 Å². The number of hydrogen-bond acceptors (Lipinski definition) is 1. The fourth-order valence-corrected chi connectivity index (χ4v) is 1.91. The van der Waals surface area contributed by atoms with Gasteiger partial charge >= 0.3 is 0 Å². The quantitative estimate of drug-likeness (QED) is 0.629. The van der Waals surface area contributed by atoms with Gasteiger partial charge in [-0.1, -0.05) is 31.4 Å². The first-order chi connectivity index (χ1) is 5.72. The highest BCUT2D eigenvalue weighted by molar-refractivity contribution is 5.01. The van der Waals surface area contributed by atoms with Crippen molar-refractivity contribution in [3.05, 3.63) is 11.6 Å². The van der Waals surface area contributed by atoms with Gasteiger partial charge in [0.15, 0.2) is 0 Å². The van der Waals surface area contributed by atoms with Gasteiger partial charge in [0.05, 0.1) is 6.61 Å². The van der Waals surface area contributed by atoms with Gasteiger partial charge in [-0.05, 0) is 31.6 Å². The largest absolute Gasteiger partial charge is 0.392 e. The molecular weight excluding hydrogens is 148 g/mol. The minimum Gasteiger partial charge on any atom is -0.392 e. The van der Waals surface area contributed by atoms with Crippen molar-refractivity contribution in [2.45, 2.75) is 39.5 Å². The lowest BCUT2D eigenvalue weighted by Crippen LogP contribution is -2.10. The molecule has 70 valence electrons. The molecule has 0 radical (unpaired) electrons. The maximum atomic E-state index is 8.85. The van der Waals surface area contributed by atoms with E-state index in [2.05, 4.69) is 13.0 Å². The number of aliphatic hydroxyl groups excluding tert-OH is 1. The molecule has 1 N–H and O–H groups in total. The Bertz CT molecular complexity index is 152. The summed E-state index contributed by atoms with van der Waals surface area (Å²) in [5, 5.41) is 8.85. The predicted octanol–water partition coefficient (Wildman–Crippen LogP) is 2.75. The van der Waals surface area contributed by atoms with E-state index >= 15 is 0 Å². The molecule has 0 aliphatic heterocycles. The van der Waals surface area contributed by atoms with Crippen LogP contribution in [-0.2, 0) is 0 Å². The van der Waals surface area contributed by atoms with E-state index in [4.69, 9.17) is 5.11 Å². The van der Waals surface area contributed by atoms with Crippen LogP contribution >= 0.6 is 0 Å². The molecule has 1 heteroatoms. The van der Waals surface area contributed by atoms with Crippen LogP contribution in [0.3, 0.4) is 0 Å². The van der Waals surface area contributed by atoms with E-state index in [9.17, 15) is 0 Å². The van der Waals surface area contributed by atoms with E-state index in [1.54, 1.807) is 0 Å². The van der Waals surface area contributed by atoms with Crippen LogP contribution < -0.4 is 0 Å². The molecule has 12 heavy (non-hydrogen) atoms. The lowest BCUT2D eigenvalue weighted by atomic mass is 9.82. The van der Waals surface area contributed by atoms with Crippen LogP contribution in [0, 0.1) is 11.8 Å². The fraction of sp³-hybridized carbons (Fsp3) is 0.818. The number of allylic oxidation sites excluding steroid dienone is 1. The highest BCUT2D eigenvalue weighted by Gasteiger charge is 2.15. The van der Waals surface area contributed by atoms with Gasteiger partial charge in [-0.3, -0.25) is 0 Å². The van der Waals surface area contributed by atoms with Crippen LogP contribution in [0.25, 0.3) is 0 Å². The molecule has 0 aromatic heterocycles. The summed E-state index contributed by atoms with van der Waals surface area (Å²) in [7, 11) is 0. The van der Waals surface area contributed by atoms with Crippen LogP contribution in [-0.4, -0.2) is 11.7 Å². The molecule has 1 rings (SSSR count). The minimum atomic E-state index is 0.228. The van der Waals surface area contributed by atoms with Crippen LogP contribution in [0.2, 0.25) is 0 Å². The van der Waals surface area contributed by atoms with E-state index in [0.717, 1.165) is 17.4 Å². The number of rotatable bonds is 2. The van der Waals surface area contributed by atoms with Gasteiger partial charge in [0, 0.05) is 0 Å². The lowest BCUT2D eigenvalue weighted by Gasteiger charge is -2.24. The normalized spacial score (nSPS) is 32.1. The molecule has 1 saturated carbocycles. The Morgan fingerprint density at radius 3 is 2.42 bits per heavy atom. The molecule has 0 aromatic carbocycles.